The average Bonchev–Trinajstić information content (AvgIpc) is 2.67. The minimum absolute atomic E-state index is 0.0710. The Morgan fingerprint density at radius 2 is 1.65 bits per heavy atom. The fourth-order valence-corrected chi connectivity index (χ4v) is 2.80. The minimum atomic E-state index is -0.682. The maximum absolute atomic E-state index is 12.9. The van der Waals surface area contributed by atoms with E-state index in [1.54, 1.807) is 19.1 Å². The molecule has 0 saturated carbocycles. The van der Waals surface area contributed by atoms with Crippen molar-refractivity contribution in [2.45, 2.75) is 26.4 Å². The molecule has 138 valence electrons. The molecule has 0 spiro atoms. The van der Waals surface area contributed by atoms with Crippen molar-refractivity contribution in [1.29, 1.82) is 0 Å². The number of likely N-dealkylation sites (N-methyl/N-ethyl adjacent to an activating group) is 1. The molecule has 0 aliphatic carbocycles. The Hall–Kier alpha value is -2.82. The molecule has 0 aromatic heterocycles. The van der Waals surface area contributed by atoms with Crippen LogP contribution in [0.3, 0.4) is 0 Å². The van der Waals surface area contributed by atoms with Crippen LogP contribution in [0.25, 0.3) is 0 Å². The van der Waals surface area contributed by atoms with Crippen LogP contribution >= 0.6 is 0 Å². The fourth-order valence-electron chi connectivity index (χ4n) is 2.80. The number of hydrogen-bond acceptors (Lipinski definition) is 3. The molecule has 26 heavy (non-hydrogen) atoms. The molecule has 1 atom stereocenters. The first kappa shape index (κ1) is 19.5. The summed E-state index contributed by atoms with van der Waals surface area (Å²) in [7, 11) is 3.20. The van der Waals surface area contributed by atoms with E-state index in [4.69, 9.17) is 4.74 Å². The number of ether oxygens (including phenoxy) is 1. The molecule has 0 bridgehead atoms. The van der Waals surface area contributed by atoms with E-state index in [0.29, 0.717) is 6.54 Å². The summed E-state index contributed by atoms with van der Waals surface area (Å²) >= 11 is 0. The number of amides is 2. The molecule has 1 N–H and O–H groups in total. The zero-order valence-electron chi connectivity index (χ0n) is 15.7. The number of rotatable bonds is 7. The third-order valence-electron chi connectivity index (χ3n) is 4.21. The second-order valence-corrected chi connectivity index (χ2v) is 6.40. The van der Waals surface area contributed by atoms with Gasteiger partial charge in [0.15, 0.2) is 0 Å². The first-order valence-electron chi connectivity index (χ1n) is 8.67. The van der Waals surface area contributed by atoms with Crippen LogP contribution in [0.1, 0.15) is 31.0 Å². The number of benzene rings is 2. The van der Waals surface area contributed by atoms with Gasteiger partial charge < -0.3 is 15.0 Å². The standard InChI is InChI=1S/C21H26N2O3/c1-15(2)21(25)23(14-16-10-12-18(26-4)13-11-16)19(20(24)22-3)17-8-6-5-7-9-17/h5-13,15,19H,14H2,1-4H3,(H,22,24). The Bertz CT molecular complexity index is 727. The lowest BCUT2D eigenvalue weighted by molar-refractivity contribution is -0.143. The van der Waals surface area contributed by atoms with Crippen molar-refractivity contribution >= 4 is 11.8 Å². The van der Waals surface area contributed by atoms with Gasteiger partial charge >= 0.3 is 0 Å². The van der Waals surface area contributed by atoms with E-state index < -0.39 is 6.04 Å². The Labute approximate surface area is 155 Å². The topological polar surface area (TPSA) is 58.6 Å². The van der Waals surface area contributed by atoms with Crippen LogP contribution in [-0.4, -0.2) is 30.9 Å². The highest BCUT2D eigenvalue weighted by Crippen LogP contribution is 2.26. The van der Waals surface area contributed by atoms with Crippen molar-refractivity contribution in [2.24, 2.45) is 5.92 Å². The van der Waals surface area contributed by atoms with Gasteiger partial charge in [0.1, 0.15) is 11.8 Å². The molecular formula is C21H26N2O3. The minimum Gasteiger partial charge on any atom is -0.497 e. The van der Waals surface area contributed by atoms with Crippen LogP contribution in [-0.2, 0) is 16.1 Å². The highest BCUT2D eigenvalue weighted by Gasteiger charge is 2.31. The van der Waals surface area contributed by atoms with Gasteiger partial charge in [-0.2, -0.15) is 0 Å². The van der Waals surface area contributed by atoms with Crippen molar-refractivity contribution in [1.82, 2.24) is 10.2 Å². The summed E-state index contributed by atoms with van der Waals surface area (Å²) in [5, 5.41) is 2.69. The number of nitrogens with one attached hydrogen (secondary N) is 1. The van der Waals surface area contributed by atoms with Gasteiger partial charge in [-0.05, 0) is 23.3 Å². The first-order chi connectivity index (χ1) is 12.5. The Balaban J connectivity index is 2.42. The molecule has 0 radical (unpaired) electrons. The lowest BCUT2D eigenvalue weighted by Crippen LogP contribution is -2.44. The number of nitrogens with zero attached hydrogens (tertiary/aromatic N) is 1. The average molecular weight is 354 g/mol. The summed E-state index contributed by atoms with van der Waals surface area (Å²) in [5.74, 6) is 0.252. The maximum atomic E-state index is 12.9. The van der Waals surface area contributed by atoms with E-state index in [1.165, 1.54) is 0 Å². The van der Waals surface area contributed by atoms with Crippen LogP contribution in [0.2, 0.25) is 0 Å². The van der Waals surface area contributed by atoms with E-state index in [2.05, 4.69) is 5.32 Å². The molecule has 0 saturated heterocycles. The summed E-state index contributed by atoms with van der Waals surface area (Å²) < 4.78 is 5.19. The summed E-state index contributed by atoms with van der Waals surface area (Å²) in [6.45, 7) is 4.03. The van der Waals surface area contributed by atoms with Gasteiger partial charge in [-0.25, -0.2) is 0 Å². The van der Waals surface area contributed by atoms with E-state index in [9.17, 15) is 9.59 Å². The van der Waals surface area contributed by atoms with Crippen molar-refractivity contribution in [3.05, 3.63) is 65.7 Å². The Morgan fingerprint density at radius 1 is 1.04 bits per heavy atom. The second-order valence-electron chi connectivity index (χ2n) is 6.40. The van der Waals surface area contributed by atoms with Crippen molar-refractivity contribution in [2.75, 3.05) is 14.2 Å². The zero-order chi connectivity index (χ0) is 19.1. The lowest BCUT2D eigenvalue weighted by Gasteiger charge is -2.32. The van der Waals surface area contributed by atoms with Gasteiger partial charge in [0.2, 0.25) is 11.8 Å². The zero-order valence-corrected chi connectivity index (χ0v) is 15.7. The molecule has 2 amide bonds. The molecular weight excluding hydrogens is 328 g/mol. The molecule has 5 nitrogen and oxygen atoms in total. The van der Waals surface area contributed by atoms with Crippen LogP contribution < -0.4 is 10.1 Å². The van der Waals surface area contributed by atoms with Gasteiger partial charge in [0, 0.05) is 19.5 Å². The largest absolute Gasteiger partial charge is 0.497 e. The molecule has 1 unspecified atom stereocenters. The van der Waals surface area contributed by atoms with Crippen LogP contribution in [0.5, 0.6) is 5.75 Å². The maximum Gasteiger partial charge on any atom is 0.247 e. The van der Waals surface area contributed by atoms with Crippen LogP contribution in [0.15, 0.2) is 54.6 Å². The van der Waals surface area contributed by atoms with Gasteiger partial charge in [0.25, 0.3) is 0 Å². The van der Waals surface area contributed by atoms with Crippen LogP contribution in [0, 0.1) is 5.92 Å². The molecule has 2 aromatic rings. The number of hydrogen-bond donors (Lipinski definition) is 1. The summed E-state index contributed by atoms with van der Waals surface area (Å²) in [4.78, 5) is 27.2. The quantitative estimate of drug-likeness (QED) is 0.831. The first-order valence-corrected chi connectivity index (χ1v) is 8.67. The molecule has 0 fully saturated rings. The third-order valence-corrected chi connectivity index (χ3v) is 4.21. The van der Waals surface area contributed by atoms with Crippen molar-refractivity contribution in [3.63, 3.8) is 0 Å². The second kappa shape index (κ2) is 9.04. The number of carbonyl (C=O) groups is 2. The molecule has 0 heterocycles. The summed E-state index contributed by atoms with van der Waals surface area (Å²) in [5.41, 5.74) is 1.72. The fraction of sp³-hybridized carbons (Fsp3) is 0.333. The highest BCUT2D eigenvalue weighted by molar-refractivity contribution is 5.89. The molecule has 5 heteroatoms. The van der Waals surface area contributed by atoms with E-state index in [-0.39, 0.29) is 17.7 Å². The van der Waals surface area contributed by atoms with Gasteiger partial charge in [-0.1, -0.05) is 56.3 Å². The number of methoxy groups -OCH3 is 1. The van der Waals surface area contributed by atoms with Crippen molar-refractivity contribution in [3.8, 4) is 5.75 Å². The smallest absolute Gasteiger partial charge is 0.247 e. The normalized spacial score (nSPS) is 11.7. The van der Waals surface area contributed by atoms with E-state index in [1.807, 2.05) is 68.4 Å². The van der Waals surface area contributed by atoms with Gasteiger partial charge in [-0.15, -0.1) is 0 Å². The predicted octanol–water partition coefficient (Wildman–Crippen LogP) is 3.17. The summed E-state index contributed by atoms with van der Waals surface area (Å²) in [6, 6.07) is 16.2. The van der Waals surface area contributed by atoms with Gasteiger partial charge in [0.05, 0.1) is 7.11 Å². The highest BCUT2D eigenvalue weighted by atomic mass is 16.5. The van der Waals surface area contributed by atoms with E-state index >= 15 is 0 Å². The molecule has 2 aromatic carbocycles. The van der Waals surface area contributed by atoms with Crippen molar-refractivity contribution < 1.29 is 14.3 Å². The van der Waals surface area contributed by atoms with E-state index in [0.717, 1.165) is 16.9 Å². The predicted molar refractivity (Wildman–Crippen MR) is 102 cm³/mol. The van der Waals surface area contributed by atoms with Gasteiger partial charge in [-0.3, -0.25) is 9.59 Å². The van der Waals surface area contributed by atoms with Crippen LogP contribution in [0.4, 0.5) is 0 Å². The Morgan fingerprint density at radius 3 is 2.15 bits per heavy atom. The summed E-state index contributed by atoms with van der Waals surface area (Å²) in [6.07, 6.45) is 0. The third kappa shape index (κ3) is 4.63. The molecule has 2 rings (SSSR count). The molecule has 0 aliphatic rings. The number of carbonyl (C=O) groups excluding carboxylic acids is 2. The monoisotopic (exact) mass is 354 g/mol. The SMILES string of the molecule is CNC(=O)C(c1ccccc1)N(Cc1ccc(OC)cc1)C(=O)C(C)C. The lowest BCUT2D eigenvalue weighted by atomic mass is 10.0. The molecule has 0 aliphatic heterocycles. The Kier molecular flexibility index (Phi) is 6.78.